The summed E-state index contributed by atoms with van der Waals surface area (Å²) < 4.78 is 0. The number of nitrogens with one attached hydrogen (secondary N) is 1. The molecule has 0 aromatic carbocycles. The van der Waals surface area contributed by atoms with Gasteiger partial charge in [0.25, 0.3) is 5.91 Å². The summed E-state index contributed by atoms with van der Waals surface area (Å²) in [5.41, 5.74) is 0. The van der Waals surface area contributed by atoms with E-state index in [1.165, 1.54) is 4.88 Å². The number of hydrogen-bond acceptors (Lipinski definition) is 3. The minimum Gasteiger partial charge on any atom is -0.336 e. The molecule has 3 heterocycles. The Morgan fingerprint density at radius 1 is 1.43 bits per heavy atom. The Morgan fingerprint density at radius 3 is 2.95 bits per heavy atom. The normalized spacial score (nSPS) is 22.5. The molecule has 3 amide bonds. The predicted molar refractivity (Wildman–Crippen MR) is 82.7 cm³/mol. The molecule has 114 valence electrons. The molecule has 2 aliphatic heterocycles. The standard InChI is InChI=1S/C15H21N3O2S/c1-2-12-5-6-13(21-12)14(19)17-8-3-4-11(10-17)18-9-7-16-15(18)20/h5-6,11H,2-4,7-10H2,1H3,(H,16,20)/t11-/m1/s1. The van der Waals surface area contributed by atoms with Gasteiger partial charge in [-0.1, -0.05) is 6.92 Å². The number of piperidine rings is 1. The lowest BCUT2D eigenvalue weighted by Gasteiger charge is -2.36. The summed E-state index contributed by atoms with van der Waals surface area (Å²) in [6, 6.07) is 4.14. The van der Waals surface area contributed by atoms with E-state index in [4.69, 9.17) is 0 Å². The Kier molecular flexibility index (Phi) is 4.14. The van der Waals surface area contributed by atoms with Gasteiger partial charge in [0.05, 0.1) is 10.9 Å². The Bertz CT molecular complexity index is 543. The van der Waals surface area contributed by atoms with Crippen molar-refractivity contribution in [2.45, 2.75) is 32.2 Å². The second kappa shape index (κ2) is 6.05. The molecule has 5 nitrogen and oxygen atoms in total. The Hall–Kier alpha value is -1.56. The summed E-state index contributed by atoms with van der Waals surface area (Å²) in [6.07, 6.45) is 2.92. The number of carbonyl (C=O) groups is 2. The largest absolute Gasteiger partial charge is 0.336 e. The number of likely N-dealkylation sites (tertiary alicyclic amines) is 1. The first-order valence-corrected chi connectivity index (χ1v) is 8.43. The smallest absolute Gasteiger partial charge is 0.317 e. The molecule has 0 spiro atoms. The first kappa shape index (κ1) is 14.4. The number of hydrogen-bond donors (Lipinski definition) is 1. The van der Waals surface area contributed by atoms with Gasteiger partial charge < -0.3 is 15.1 Å². The molecule has 0 saturated carbocycles. The van der Waals surface area contributed by atoms with E-state index in [1.54, 1.807) is 11.3 Å². The number of thiophene rings is 1. The maximum Gasteiger partial charge on any atom is 0.317 e. The monoisotopic (exact) mass is 307 g/mol. The van der Waals surface area contributed by atoms with Gasteiger partial charge in [-0.15, -0.1) is 11.3 Å². The Morgan fingerprint density at radius 2 is 2.29 bits per heavy atom. The first-order valence-electron chi connectivity index (χ1n) is 7.61. The highest BCUT2D eigenvalue weighted by Gasteiger charge is 2.33. The van der Waals surface area contributed by atoms with E-state index in [1.807, 2.05) is 21.9 Å². The summed E-state index contributed by atoms with van der Waals surface area (Å²) in [5.74, 6) is 0.115. The molecule has 3 rings (SSSR count). The van der Waals surface area contributed by atoms with Crippen LogP contribution in [0.2, 0.25) is 0 Å². The molecule has 2 aliphatic rings. The fourth-order valence-electron chi connectivity index (χ4n) is 3.07. The third kappa shape index (κ3) is 2.90. The van der Waals surface area contributed by atoms with Gasteiger partial charge in [-0.3, -0.25) is 4.79 Å². The van der Waals surface area contributed by atoms with E-state index in [0.717, 1.165) is 37.2 Å². The van der Waals surface area contributed by atoms with Crippen molar-refractivity contribution in [3.8, 4) is 0 Å². The van der Waals surface area contributed by atoms with Crippen LogP contribution >= 0.6 is 11.3 Å². The zero-order valence-electron chi connectivity index (χ0n) is 12.3. The van der Waals surface area contributed by atoms with Crippen LogP contribution in [0.25, 0.3) is 0 Å². The van der Waals surface area contributed by atoms with Crippen molar-refractivity contribution in [1.82, 2.24) is 15.1 Å². The fraction of sp³-hybridized carbons (Fsp3) is 0.600. The van der Waals surface area contributed by atoms with E-state index in [9.17, 15) is 9.59 Å². The number of nitrogens with zero attached hydrogens (tertiary/aromatic N) is 2. The van der Waals surface area contributed by atoms with Gasteiger partial charge in [0.15, 0.2) is 0 Å². The van der Waals surface area contributed by atoms with Crippen molar-refractivity contribution < 1.29 is 9.59 Å². The van der Waals surface area contributed by atoms with Crippen LogP contribution in [0.15, 0.2) is 12.1 Å². The molecule has 21 heavy (non-hydrogen) atoms. The van der Waals surface area contributed by atoms with Crippen LogP contribution in [0.1, 0.15) is 34.3 Å². The van der Waals surface area contributed by atoms with Gasteiger partial charge >= 0.3 is 6.03 Å². The summed E-state index contributed by atoms with van der Waals surface area (Å²) in [6.45, 7) is 5.03. The molecule has 2 saturated heterocycles. The second-order valence-corrected chi connectivity index (χ2v) is 6.76. The van der Waals surface area contributed by atoms with E-state index >= 15 is 0 Å². The van der Waals surface area contributed by atoms with Crippen LogP contribution in [0.4, 0.5) is 4.79 Å². The molecule has 0 radical (unpaired) electrons. The van der Waals surface area contributed by atoms with Crippen LogP contribution in [0.3, 0.4) is 0 Å². The number of aryl methyl sites for hydroxylation is 1. The average Bonchev–Trinajstić information content (AvgIpc) is 3.15. The molecule has 6 heteroatoms. The molecule has 0 unspecified atom stereocenters. The van der Waals surface area contributed by atoms with E-state index in [-0.39, 0.29) is 18.0 Å². The number of urea groups is 1. The maximum atomic E-state index is 12.6. The van der Waals surface area contributed by atoms with E-state index in [2.05, 4.69) is 12.2 Å². The lowest BCUT2D eigenvalue weighted by atomic mass is 10.0. The molecule has 1 atom stereocenters. The van der Waals surface area contributed by atoms with Crippen LogP contribution in [-0.4, -0.2) is 54.0 Å². The van der Waals surface area contributed by atoms with Gasteiger partial charge in [0.2, 0.25) is 0 Å². The molecule has 1 N–H and O–H groups in total. The quantitative estimate of drug-likeness (QED) is 0.928. The molecule has 0 bridgehead atoms. The highest BCUT2D eigenvalue weighted by atomic mass is 32.1. The van der Waals surface area contributed by atoms with Crippen molar-refractivity contribution in [2.75, 3.05) is 26.2 Å². The van der Waals surface area contributed by atoms with Gasteiger partial charge in [0.1, 0.15) is 0 Å². The van der Waals surface area contributed by atoms with Gasteiger partial charge in [0, 0.05) is 31.1 Å². The zero-order valence-corrected chi connectivity index (χ0v) is 13.1. The summed E-state index contributed by atoms with van der Waals surface area (Å²) in [5, 5.41) is 2.84. The first-order chi connectivity index (χ1) is 10.2. The zero-order chi connectivity index (χ0) is 14.8. The van der Waals surface area contributed by atoms with Gasteiger partial charge in [-0.05, 0) is 31.4 Å². The lowest BCUT2D eigenvalue weighted by Crippen LogP contribution is -2.50. The highest BCUT2D eigenvalue weighted by Crippen LogP contribution is 2.23. The van der Waals surface area contributed by atoms with Crippen LogP contribution in [0, 0.1) is 0 Å². The molecule has 1 aromatic heterocycles. The maximum absolute atomic E-state index is 12.6. The Labute approximate surface area is 128 Å². The number of amides is 3. The Balaban J connectivity index is 1.67. The van der Waals surface area contributed by atoms with E-state index in [0.29, 0.717) is 13.1 Å². The van der Waals surface area contributed by atoms with Crippen molar-refractivity contribution in [2.24, 2.45) is 0 Å². The average molecular weight is 307 g/mol. The number of carbonyl (C=O) groups excluding carboxylic acids is 2. The molecular weight excluding hydrogens is 286 g/mol. The highest BCUT2D eigenvalue weighted by molar-refractivity contribution is 7.14. The third-order valence-corrected chi connectivity index (χ3v) is 5.45. The van der Waals surface area contributed by atoms with Crippen molar-refractivity contribution in [3.05, 3.63) is 21.9 Å². The summed E-state index contributed by atoms with van der Waals surface area (Å²) in [7, 11) is 0. The molecule has 1 aromatic rings. The van der Waals surface area contributed by atoms with E-state index < -0.39 is 0 Å². The summed E-state index contributed by atoms with van der Waals surface area (Å²) in [4.78, 5) is 30.2. The molecule has 0 aliphatic carbocycles. The lowest BCUT2D eigenvalue weighted by molar-refractivity contribution is 0.0639. The topological polar surface area (TPSA) is 52.7 Å². The van der Waals surface area contributed by atoms with Crippen molar-refractivity contribution >= 4 is 23.3 Å². The second-order valence-electron chi connectivity index (χ2n) is 5.59. The molecular formula is C15H21N3O2S. The summed E-state index contributed by atoms with van der Waals surface area (Å²) >= 11 is 1.58. The van der Waals surface area contributed by atoms with Crippen LogP contribution < -0.4 is 5.32 Å². The minimum atomic E-state index is 0.0127. The molecule has 2 fully saturated rings. The van der Waals surface area contributed by atoms with Gasteiger partial charge in [-0.25, -0.2) is 4.79 Å². The fourth-order valence-corrected chi connectivity index (χ4v) is 3.98. The van der Waals surface area contributed by atoms with Crippen molar-refractivity contribution in [1.29, 1.82) is 0 Å². The van der Waals surface area contributed by atoms with Crippen molar-refractivity contribution in [3.63, 3.8) is 0 Å². The SMILES string of the molecule is CCc1ccc(C(=O)N2CCC[C@@H](N3CCNC3=O)C2)s1. The van der Waals surface area contributed by atoms with Gasteiger partial charge in [-0.2, -0.15) is 0 Å². The predicted octanol–water partition coefficient (Wildman–Crippen LogP) is 1.94. The number of rotatable bonds is 3. The minimum absolute atomic E-state index is 0.0127. The van der Waals surface area contributed by atoms with Crippen LogP contribution in [-0.2, 0) is 6.42 Å². The van der Waals surface area contributed by atoms with Crippen LogP contribution in [0.5, 0.6) is 0 Å². The third-order valence-electron chi connectivity index (χ3n) is 4.24.